The molecule has 1 heterocycles. The maximum absolute atomic E-state index is 12.0. The van der Waals surface area contributed by atoms with Crippen LogP contribution in [0.25, 0.3) is 0 Å². The number of amides is 1. The van der Waals surface area contributed by atoms with Crippen molar-refractivity contribution in [3.8, 4) is 0 Å². The highest BCUT2D eigenvalue weighted by molar-refractivity contribution is 5.71. The number of carbonyl (C=O) groups is 2. The highest BCUT2D eigenvalue weighted by Crippen LogP contribution is 2.31. The van der Waals surface area contributed by atoms with Crippen molar-refractivity contribution < 1.29 is 24.5 Å². The molecule has 6 nitrogen and oxygen atoms in total. The Morgan fingerprint density at radius 1 is 1.42 bits per heavy atom. The zero-order chi connectivity index (χ0) is 14.8. The van der Waals surface area contributed by atoms with Crippen LogP contribution in [-0.2, 0) is 9.53 Å². The number of carboxylic acids is 1. The third kappa shape index (κ3) is 4.09. The first-order valence-electron chi connectivity index (χ1n) is 6.49. The van der Waals surface area contributed by atoms with Gasteiger partial charge >= 0.3 is 12.1 Å². The summed E-state index contributed by atoms with van der Waals surface area (Å²) in [7, 11) is 0. The molecule has 19 heavy (non-hydrogen) atoms. The first-order chi connectivity index (χ1) is 8.55. The Morgan fingerprint density at radius 2 is 2.00 bits per heavy atom. The van der Waals surface area contributed by atoms with Gasteiger partial charge in [0, 0.05) is 6.54 Å². The van der Waals surface area contributed by atoms with Gasteiger partial charge in [-0.05, 0) is 40.5 Å². The van der Waals surface area contributed by atoms with Crippen LogP contribution in [0.4, 0.5) is 4.79 Å². The number of carbonyl (C=O) groups excluding carboxylic acids is 1. The number of ether oxygens (including phenoxy) is 1. The fraction of sp³-hybridized carbons (Fsp3) is 0.846. The van der Waals surface area contributed by atoms with Gasteiger partial charge in [-0.3, -0.25) is 4.79 Å². The molecule has 0 radical (unpaired) electrons. The summed E-state index contributed by atoms with van der Waals surface area (Å²) in [5, 5.41) is 19.3. The van der Waals surface area contributed by atoms with Gasteiger partial charge in [-0.1, -0.05) is 0 Å². The van der Waals surface area contributed by atoms with Crippen molar-refractivity contribution in [1.82, 2.24) is 4.90 Å². The van der Waals surface area contributed by atoms with Gasteiger partial charge in [-0.25, -0.2) is 4.79 Å². The van der Waals surface area contributed by atoms with Crippen LogP contribution >= 0.6 is 0 Å². The smallest absolute Gasteiger partial charge is 0.410 e. The fourth-order valence-electron chi connectivity index (χ4n) is 2.32. The van der Waals surface area contributed by atoms with Crippen LogP contribution in [0.5, 0.6) is 0 Å². The van der Waals surface area contributed by atoms with E-state index in [4.69, 9.17) is 9.84 Å². The second-order valence-electron chi connectivity index (χ2n) is 6.13. The summed E-state index contributed by atoms with van der Waals surface area (Å²) < 4.78 is 5.27. The molecule has 6 heteroatoms. The zero-order valence-electron chi connectivity index (χ0n) is 12.0. The molecule has 0 bridgehead atoms. The number of aliphatic hydroxyl groups is 1. The molecule has 0 aromatic heterocycles. The van der Waals surface area contributed by atoms with Crippen LogP contribution in [0, 0.1) is 0 Å². The van der Waals surface area contributed by atoms with E-state index in [1.165, 1.54) is 4.90 Å². The molecular formula is C13H23NO5. The molecular weight excluding hydrogens is 250 g/mol. The van der Waals surface area contributed by atoms with Crippen LogP contribution in [-0.4, -0.2) is 51.0 Å². The lowest BCUT2D eigenvalue weighted by Gasteiger charge is -2.44. The number of likely N-dealkylation sites (tertiary alicyclic amines) is 1. The predicted molar refractivity (Wildman–Crippen MR) is 68.8 cm³/mol. The summed E-state index contributed by atoms with van der Waals surface area (Å²) in [6.07, 6.45) is 0.0594. The summed E-state index contributed by atoms with van der Waals surface area (Å²) >= 11 is 0. The molecule has 0 aliphatic carbocycles. The Balaban J connectivity index is 2.80. The van der Waals surface area contributed by atoms with Crippen molar-refractivity contribution in [3.63, 3.8) is 0 Å². The molecule has 0 aromatic rings. The zero-order valence-corrected chi connectivity index (χ0v) is 12.0. The molecule has 1 aliphatic rings. The van der Waals surface area contributed by atoms with E-state index >= 15 is 0 Å². The van der Waals surface area contributed by atoms with Crippen LogP contribution in [0.3, 0.4) is 0 Å². The molecule has 2 atom stereocenters. The van der Waals surface area contributed by atoms with E-state index < -0.39 is 29.3 Å². The quantitative estimate of drug-likeness (QED) is 0.798. The van der Waals surface area contributed by atoms with Crippen molar-refractivity contribution in [3.05, 3.63) is 0 Å². The molecule has 1 amide bonds. The Kier molecular flexibility index (Phi) is 4.45. The van der Waals surface area contributed by atoms with E-state index in [-0.39, 0.29) is 6.42 Å². The maximum atomic E-state index is 12.0. The second kappa shape index (κ2) is 5.36. The number of rotatable bonds is 2. The number of hydrogen-bond acceptors (Lipinski definition) is 4. The van der Waals surface area contributed by atoms with Gasteiger partial charge in [0.1, 0.15) is 5.60 Å². The van der Waals surface area contributed by atoms with Crippen LogP contribution in [0.2, 0.25) is 0 Å². The summed E-state index contributed by atoms with van der Waals surface area (Å²) in [6.45, 7) is 7.43. The van der Waals surface area contributed by atoms with Gasteiger partial charge in [0.25, 0.3) is 0 Å². The second-order valence-corrected chi connectivity index (χ2v) is 6.13. The minimum absolute atomic E-state index is 0.368. The molecule has 1 fully saturated rings. The van der Waals surface area contributed by atoms with E-state index in [0.29, 0.717) is 19.4 Å². The molecule has 0 spiro atoms. The van der Waals surface area contributed by atoms with Gasteiger partial charge in [-0.2, -0.15) is 0 Å². The number of carboxylic acid groups (broad SMARTS) is 1. The first kappa shape index (κ1) is 15.8. The minimum atomic E-state index is -1.39. The SMILES string of the molecule is CC1N(C(=O)OC(C)(C)C)CCCC1(O)CC(=O)O. The molecule has 0 aromatic carbocycles. The van der Waals surface area contributed by atoms with Crippen molar-refractivity contribution in [2.45, 2.75) is 64.2 Å². The van der Waals surface area contributed by atoms with Crippen molar-refractivity contribution in [1.29, 1.82) is 0 Å². The third-order valence-electron chi connectivity index (χ3n) is 3.34. The van der Waals surface area contributed by atoms with Crippen LogP contribution in [0.15, 0.2) is 0 Å². The van der Waals surface area contributed by atoms with Crippen LogP contribution < -0.4 is 0 Å². The molecule has 2 unspecified atom stereocenters. The summed E-state index contributed by atoms with van der Waals surface area (Å²) in [6, 6.07) is -0.577. The molecule has 110 valence electrons. The van der Waals surface area contributed by atoms with Gasteiger partial charge < -0.3 is 19.8 Å². The third-order valence-corrected chi connectivity index (χ3v) is 3.34. The Morgan fingerprint density at radius 3 is 2.47 bits per heavy atom. The number of aliphatic carboxylic acids is 1. The maximum Gasteiger partial charge on any atom is 0.410 e. The summed E-state index contributed by atoms with van der Waals surface area (Å²) in [4.78, 5) is 24.3. The summed E-state index contributed by atoms with van der Waals surface area (Å²) in [5.41, 5.74) is -2.00. The van der Waals surface area contributed by atoms with Crippen molar-refractivity contribution in [2.24, 2.45) is 0 Å². The van der Waals surface area contributed by atoms with Crippen LogP contribution in [0.1, 0.15) is 47.0 Å². The Labute approximate surface area is 113 Å². The topological polar surface area (TPSA) is 87.1 Å². The number of hydrogen-bond donors (Lipinski definition) is 2. The van der Waals surface area contributed by atoms with E-state index in [9.17, 15) is 14.7 Å². The molecule has 1 aliphatic heterocycles. The van der Waals surface area contributed by atoms with E-state index in [1.807, 2.05) is 0 Å². The summed E-state index contributed by atoms with van der Waals surface area (Å²) in [5.74, 6) is -1.07. The van der Waals surface area contributed by atoms with E-state index in [1.54, 1.807) is 27.7 Å². The molecule has 0 saturated carbocycles. The predicted octanol–water partition coefficient (Wildman–Crippen LogP) is 1.61. The lowest BCUT2D eigenvalue weighted by Crippen LogP contribution is -2.58. The largest absolute Gasteiger partial charge is 0.481 e. The minimum Gasteiger partial charge on any atom is -0.481 e. The lowest BCUT2D eigenvalue weighted by molar-refractivity contribution is -0.148. The highest BCUT2D eigenvalue weighted by Gasteiger charge is 2.44. The normalized spacial score (nSPS) is 28.1. The average molecular weight is 273 g/mol. The van der Waals surface area contributed by atoms with E-state index in [2.05, 4.69) is 0 Å². The van der Waals surface area contributed by atoms with Gasteiger partial charge in [0.15, 0.2) is 0 Å². The molecule has 1 saturated heterocycles. The van der Waals surface area contributed by atoms with Crippen molar-refractivity contribution >= 4 is 12.1 Å². The number of piperidine rings is 1. The lowest BCUT2D eigenvalue weighted by atomic mass is 9.83. The standard InChI is InChI=1S/C13H23NO5/c1-9-13(18,8-10(15)16)6-5-7-14(9)11(17)19-12(2,3)4/h9,18H,5-8H2,1-4H3,(H,15,16). The highest BCUT2D eigenvalue weighted by atomic mass is 16.6. The average Bonchev–Trinajstić information content (AvgIpc) is 2.18. The molecule has 1 rings (SSSR count). The van der Waals surface area contributed by atoms with Gasteiger partial charge in [-0.15, -0.1) is 0 Å². The van der Waals surface area contributed by atoms with Gasteiger partial charge in [0.2, 0.25) is 0 Å². The first-order valence-corrected chi connectivity index (χ1v) is 6.49. The number of nitrogens with zero attached hydrogens (tertiary/aromatic N) is 1. The van der Waals surface area contributed by atoms with E-state index in [0.717, 1.165) is 0 Å². The monoisotopic (exact) mass is 273 g/mol. The van der Waals surface area contributed by atoms with Crippen molar-refractivity contribution in [2.75, 3.05) is 6.54 Å². The molecule has 2 N–H and O–H groups in total. The Hall–Kier alpha value is -1.30. The fourth-order valence-corrected chi connectivity index (χ4v) is 2.32. The Bertz CT molecular complexity index is 363. The van der Waals surface area contributed by atoms with Gasteiger partial charge in [0.05, 0.1) is 18.1 Å².